The van der Waals surface area contributed by atoms with Crippen molar-refractivity contribution in [2.75, 3.05) is 12.3 Å². The van der Waals surface area contributed by atoms with Crippen LogP contribution in [-0.4, -0.2) is 17.6 Å². The number of carbonyl (C=O) groups is 1. The number of anilines is 1. The first-order valence-electron chi connectivity index (χ1n) is 5.12. The number of hydrogen-bond donors (Lipinski definition) is 1. The summed E-state index contributed by atoms with van der Waals surface area (Å²) in [6.45, 7) is 1.84. The maximum atomic E-state index is 12.6. The van der Waals surface area contributed by atoms with Gasteiger partial charge in [-0.15, -0.1) is 0 Å². The Hall–Kier alpha value is -2.23. The van der Waals surface area contributed by atoms with Gasteiger partial charge in [0.25, 0.3) is 6.43 Å². The molecular weight excluding hydrogens is 244 g/mol. The molecule has 0 spiro atoms. The highest BCUT2D eigenvalue weighted by molar-refractivity contribution is 5.72. The molecule has 0 aliphatic rings. The summed E-state index contributed by atoms with van der Waals surface area (Å²) in [5.74, 6) is -0.557. The number of rotatable bonds is 4. The van der Waals surface area contributed by atoms with Gasteiger partial charge in [0, 0.05) is 5.69 Å². The molecule has 0 saturated carbocycles. The SMILES string of the molecule is CCOC(=O)Cc1cc(N)c(C(F)F)c(C#N)n1. The summed E-state index contributed by atoms with van der Waals surface area (Å²) in [5.41, 5.74) is 4.23. The number of nitrogen functional groups attached to an aromatic ring is 1. The van der Waals surface area contributed by atoms with Crippen LogP contribution in [0.3, 0.4) is 0 Å². The normalized spacial score (nSPS) is 10.2. The highest BCUT2D eigenvalue weighted by Gasteiger charge is 2.20. The van der Waals surface area contributed by atoms with Gasteiger partial charge < -0.3 is 10.5 Å². The predicted octanol–water partition coefficient (Wildman–Crippen LogP) is 1.58. The van der Waals surface area contributed by atoms with Gasteiger partial charge in [0.15, 0.2) is 5.69 Å². The third-order valence-corrected chi connectivity index (χ3v) is 2.10. The van der Waals surface area contributed by atoms with Crippen LogP contribution < -0.4 is 5.73 Å². The van der Waals surface area contributed by atoms with Crippen LogP contribution in [0.1, 0.15) is 30.3 Å². The molecule has 0 aliphatic carbocycles. The summed E-state index contributed by atoms with van der Waals surface area (Å²) < 4.78 is 29.9. The van der Waals surface area contributed by atoms with Gasteiger partial charge in [-0.05, 0) is 13.0 Å². The first kappa shape index (κ1) is 13.8. The molecule has 1 aromatic heterocycles. The van der Waals surface area contributed by atoms with Gasteiger partial charge in [0.1, 0.15) is 6.07 Å². The van der Waals surface area contributed by atoms with Crippen molar-refractivity contribution in [1.82, 2.24) is 4.98 Å². The molecule has 0 fully saturated rings. The molecule has 1 aromatic rings. The minimum atomic E-state index is -2.89. The molecule has 0 amide bonds. The Kier molecular flexibility index (Phi) is 4.54. The van der Waals surface area contributed by atoms with Crippen molar-refractivity contribution in [3.05, 3.63) is 23.0 Å². The fourth-order valence-electron chi connectivity index (χ4n) is 1.40. The minimum Gasteiger partial charge on any atom is -0.466 e. The van der Waals surface area contributed by atoms with Crippen LogP contribution in [0.5, 0.6) is 0 Å². The van der Waals surface area contributed by atoms with Crippen LogP contribution in [0.25, 0.3) is 0 Å². The second-order valence-electron chi connectivity index (χ2n) is 3.36. The van der Waals surface area contributed by atoms with Crippen LogP contribution in [0.2, 0.25) is 0 Å². The predicted molar refractivity (Wildman–Crippen MR) is 58.7 cm³/mol. The van der Waals surface area contributed by atoms with E-state index < -0.39 is 23.7 Å². The summed E-state index contributed by atoms with van der Waals surface area (Å²) in [5, 5.41) is 8.74. The average Bonchev–Trinajstić information content (AvgIpc) is 2.27. The molecule has 5 nitrogen and oxygen atoms in total. The largest absolute Gasteiger partial charge is 0.466 e. The lowest BCUT2D eigenvalue weighted by molar-refractivity contribution is -0.142. The smallest absolute Gasteiger partial charge is 0.311 e. The van der Waals surface area contributed by atoms with Crippen LogP contribution in [0.15, 0.2) is 6.07 Å². The van der Waals surface area contributed by atoms with E-state index in [-0.39, 0.29) is 24.4 Å². The summed E-state index contributed by atoms with van der Waals surface area (Å²) in [7, 11) is 0. The number of esters is 1. The lowest BCUT2D eigenvalue weighted by atomic mass is 10.1. The van der Waals surface area contributed by atoms with Gasteiger partial charge in [-0.3, -0.25) is 4.79 Å². The van der Waals surface area contributed by atoms with E-state index in [0.29, 0.717) is 0 Å². The molecule has 0 aliphatic heterocycles. The third-order valence-electron chi connectivity index (χ3n) is 2.10. The number of aromatic nitrogens is 1. The number of ether oxygens (including phenoxy) is 1. The van der Waals surface area contributed by atoms with E-state index in [2.05, 4.69) is 9.72 Å². The van der Waals surface area contributed by atoms with E-state index in [1.165, 1.54) is 0 Å². The number of pyridine rings is 1. The van der Waals surface area contributed by atoms with Crippen LogP contribution in [-0.2, 0) is 16.0 Å². The van der Waals surface area contributed by atoms with Gasteiger partial charge in [0.2, 0.25) is 0 Å². The fraction of sp³-hybridized carbons (Fsp3) is 0.364. The zero-order valence-electron chi connectivity index (χ0n) is 9.61. The maximum absolute atomic E-state index is 12.6. The van der Waals surface area contributed by atoms with Crippen LogP contribution in [0, 0.1) is 11.3 Å². The quantitative estimate of drug-likeness (QED) is 0.825. The molecule has 0 unspecified atom stereocenters. The van der Waals surface area contributed by atoms with Crippen molar-refractivity contribution in [2.45, 2.75) is 19.8 Å². The Balaban J connectivity index is 3.08. The lowest BCUT2D eigenvalue weighted by Gasteiger charge is -2.08. The zero-order chi connectivity index (χ0) is 13.7. The van der Waals surface area contributed by atoms with E-state index in [0.717, 1.165) is 6.07 Å². The molecule has 0 saturated heterocycles. The van der Waals surface area contributed by atoms with Crippen molar-refractivity contribution in [2.24, 2.45) is 0 Å². The number of hydrogen-bond acceptors (Lipinski definition) is 5. The monoisotopic (exact) mass is 255 g/mol. The lowest BCUT2D eigenvalue weighted by Crippen LogP contribution is -2.11. The standard InChI is InChI=1S/C11H11F2N3O2/c1-2-18-9(17)4-6-3-7(15)10(11(12)13)8(5-14)16-6/h3,11H,2,4H2,1H3,(H2,15,16). The van der Waals surface area contributed by atoms with E-state index in [1.54, 1.807) is 13.0 Å². The highest BCUT2D eigenvalue weighted by atomic mass is 19.3. The Bertz CT molecular complexity index is 498. The number of nitriles is 1. The summed E-state index contributed by atoms with van der Waals surface area (Å²) >= 11 is 0. The van der Waals surface area contributed by atoms with E-state index in [4.69, 9.17) is 11.0 Å². The van der Waals surface area contributed by atoms with E-state index in [9.17, 15) is 13.6 Å². The van der Waals surface area contributed by atoms with Crippen molar-refractivity contribution in [3.8, 4) is 6.07 Å². The molecule has 7 heteroatoms. The van der Waals surface area contributed by atoms with Gasteiger partial charge in [-0.25, -0.2) is 13.8 Å². The van der Waals surface area contributed by atoms with Gasteiger partial charge in [-0.1, -0.05) is 0 Å². The first-order valence-corrected chi connectivity index (χ1v) is 5.12. The molecule has 18 heavy (non-hydrogen) atoms. The average molecular weight is 255 g/mol. The molecule has 1 rings (SSSR count). The van der Waals surface area contributed by atoms with Crippen molar-refractivity contribution >= 4 is 11.7 Å². The summed E-state index contributed by atoms with van der Waals surface area (Å²) in [6.07, 6.45) is -3.10. The molecule has 2 N–H and O–H groups in total. The molecule has 0 atom stereocenters. The molecule has 0 radical (unpaired) electrons. The molecule has 0 aromatic carbocycles. The van der Waals surface area contributed by atoms with Crippen LogP contribution >= 0.6 is 0 Å². The number of nitrogens with zero attached hydrogens (tertiary/aromatic N) is 2. The molecule has 1 heterocycles. The van der Waals surface area contributed by atoms with Gasteiger partial charge >= 0.3 is 5.97 Å². The molecule has 96 valence electrons. The Labute approximate surface area is 102 Å². The Morgan fingerprint density at radius 1 is 1.67 bits per heavy atom. The maximum Gasteiger partial charge on any atom is 0.311 e. The molecular formula is C11H11F2N3O2. The van der Waals surface area contributed by atoms with E-state index in [1.807, 2.05) is 0 Å². The zero-order valence-corrected chi connectivity index (χ0v) is 9.61. The fourth-order valence-corrected chi connectivity index (χ4v) is 1.40. The van der Waals surface area contributed by atoms with Crippen molar-refractivity contribution in [3.63, 3.8) is 0 Å². The summed E-state index contributed by atoms with van der Waals surface area (Å²) in [4.78, 5) is 14.9. The number of carbonyl (C=O) groups excluding carboxylic acids is 1. The van der Waals surface area contributed by atoms with Crippen LogP contribution in [0.4, 0.5) is 14.5 Å². The van der Waals surface area contributed by atoms with E-state index >= 15 is 0 Å². The first-order chi connectivity index (χ1) is 8.49. The Morgan fingerprint density at radius 2 is 2.33 bits per heavy atom. The number of nitrogens with two attached hydrogens (primary N) is 1. The Morgan fingerprint density at radius 3 is 2.83 bits per heavy atom. The third kappa shape index (κ3) is 3.13. The van der Waals surface area contributed by atoms with Gasteiger partial charge in [0.05, 0.1) is 24.3 Å². The van der Waals surface area contributed by atoms with Crippen molar-refractivity contribution < 1.29 is 18.3 Å². The number of halogens is 2. The topological polar surface area (TPSA) is 89.0 Å². The summed E-state index contributed by atoms with van der Waals surface area (Å²) in [6, 6.07) is 2.69. The second-order valence-corrected chi connectivity index (χ2v) is 3.36. The number of alkyl halides is 2. The minimum absolute atomic E-state index is 0.131. The van der Waals surface area contributed by atoms with Crippen molar-refractivity contribution in [1.29, 1.82) is 5.26 Å². The highest BCUT2D eigenvalue weighted by Crippen LogP contribution is 2.28. The molecule has 0 bridgehead atoms. The van der Waals surface area contributed by atoms with Gasteiger partial charge in [-0.2, -0.15) is 5.26 Å². The second kappa shape index (κ2) is 5.91.